The van der Waals surface area contributed by atoms with Crippen LogP contribution in [0.3, 0.4) is 0 Å². The third kappa shape index (κ3) is 8.03. The lowest BCUT2D eigenvalue weighted by atomic mass is 10.5. The zero-order chi connectivity index (χ0) is 11.7. The summed E-state index contributed by atoms with van der Waals surface area (Å²) in [6.07, 6.45) is 0.197. The van der Waals surface area contributed by atoms with Crippen molar-refractivity contribution in [2.24, 2.45) is 0 Å². The quantitative estimate of drug-likeness (QED) is 0.483. The molecule has 1 atom stereocenters. The number of hydrogen-bond donors (Lipinski definition) is 0. The Labute approximate surface area is 88.7 Å². The van der Waals surface area contributed by atoms with Gasteiger partial charge in [-0.1, -0.05) is 0 Å². The minimum Gasteiger partial charge on any atom is -0.469 e. The van der Waals surface area contributed by atoms with E-state index in [2.05, 4.69) is 9.47 Å². The number of ether oxygens (including phenoxy) is 2. The van der Waals surface area contributed by atoms with Gasteiger partial charge in [0.25, 0.3) is 0 Å². The topological polar surface area (TPSA) is 78.9 Å². The summed E-state index contributed by atoms with van der Waals surface area (Å²) >= 11 is 0. The molecule has 0 saturated heterocycles. The summed E-state index contributed by atoms with van der Waals surface area (Å²) in [7, 11) is 0.608. The van der Waals surface area contributed by atoms with Crippen molar-refractivity contribution < 1.29 is 28.2 Å². The van der Waals surface area contributed by atoms with Crippen molar-refractivity contribution in [3.8, 4) is 0 Å². The summed E-state index contributed by atoms with van der Waals surface area (Å²) < 4.78 is 24.6. The molecular formula is C8H14O6P+. The molecule has 0 bridgehead atoms. The Morgan fingerprint density at radius 1 is 1.07 bits per heavy atom. The second kappa shape index (κ2) is 8.32. The average molecular weight is 237 g/mol. The molecule has 0 amide bonds. The summed E-state index contributed by atoms with van der Waals surface area (Å²) in [6, 6.07) is 0. The van der Waals surface area contributed by atoms with Crippen LogP contribution in [-0.2, 0) is 28.2 Å². The van der Waals surface area contributed by atoms with Crippen LogP contribution in [0.15, 0.2) is 0 Å². The highest BCUT2D eigenvalue weighted by Gasteiger charge is 2.20. The minimum atomic E-state index is -1.91. The second-order valence-corrected chi connectivity index (χ2v) is 3.91. The Morgan fingerprint density at radius 2 is 1.60 bits per heavy atom. The van der Waals surface area contributed by atoms with Gasteiger partial charge < -0.3 is 9.47 Å². The SMILES string of the molecule is COC(=O)CCO[P+](=O)CCC(=O)OC. The molecule has 0 rings (SSSR count). The van der Waals surface area contributed by atoms with Crippen LogP contribution in [0.25, 0.3) is 0 Å². The molecule has 1 unspecified atom stereocenters. The summed E-state index contributed by atoms with van der Waals surface area (Å²) in [4.78, 5) is 21.3. The highest BCUT2D eigenvalue weighted by Crippen LogP contribution is 2.23. The van der Waals surface area contributed by atoms with Crippen LogP contribution in [0.2, 0.25) is 0 Å². The van der Waals surface area contributed by atoms with E-state index >= 15 is 0 Å². The number of rotatable bonds is 7. The molecular weight excluding hydrogens is 223 g/mol. The Balaban J connectivity index is 3.49. The maximum atomic E-state index is 11.1. The van der Waals surface area contributed by atoms with Gasteiger partial charge in [-0.15, -0.1) is 4.52 Å². The fourth-order valence-electron chi connectivity index (χ4n) is 0.682. The third-order valence-corrected chi connectivity index (χ3v) is 2.55. The number of esters is 2. The maximum absolute atomic E-state index is 11.1. The lowest BCUT2D eigenvalue weighted by Gasteiger charge is -1.94. The summed E-state index contributed by atoms with van der Waals surface area (Å²) in [6.45, 7) is 0.0308. The zero-order valence-electron chi connectivity index (χ0n) is 8.73. The van der Waals surface area contributed by atoms with Gasteiger partial charge in [0.1, 0.15) is 6.61 Å². The summed E-state index contributed by atoms with van der Waals surface area (Å²) in [5, 5.41) is 0. The molecule has 0 heterocycles. The molecule has 0 N–H and O–H groups in total. The fourth-order valence-corrected chi connectivity index (χ4v) is 1.47. The van der Waals surface area contributed by atoms with Crippen LogP contribution in [0.5, 0.6) is 0 Å². The van der Waals surface area contributed by atoms with E-state index in [4.69, 9.17) is 4.52 Å². The molecule has 86 valence electrons. The van der Waals surface area contributed by atoms with Gasteiger partial charge in [-0.3, -0.25) is 9.59 Å². The van der Waals surface area contributed by atoms with E-state index < -0.39 is 20.0 Å². The molecule has 0 aliphatic carbocycles. The molecule has 0 aliphatic heterocycles. The van der Waals surface area contributed by atoms with Crippen molar-refractivity contribution in [3.05, 3.63) is 0 Å². The van der Waals surface area contributed by atoms with Crippen molar-refractivity contribution in [1.29, 1.82) is 0 Å². The smallest absolute Gasteiger partial charge is 0.469 e. The number of methoxy groups -OCH3 is 2. The summed E-state index contributed by atoms with van der Waals surface area (Å²) in [5.74, 6) is -0.860. The normalized spacial score (nSPS) is 10.7. The standard InChI is InChI=1S/C8H14O6P/c1-12-7(9)3-5-14-15(11)6-4-8(10)13-2/h3-6H2,1-2H3/q+1. The molecule has 0 aromatic carbocycles. The molecule has 15 heavy (non-hydrogen) atoms. The predicted octanol–water partition coefficient (Wildman–Crippen LogP) is 0.872. The largest absolute Gasteiger partial charge is 0.508 e. The molecule has 0 radical (unpaired) electrons. The van der Waals surface area contributed by atoms with Crippen LogP contribution in [0, 0.1) is 0 Å². The van der Waals surface area contributed by atoms with Crippen LogP contribution in [0.4, 0.5) is 0 Å². The number of hydrogen-bond acceptors (Lipinski definition) is 6. The molecule has 6 nitrogen and oxygen atoms in total. The molecule has 0 saturated carbocycles. The molecule has 0 fully saturated rings. The van der Waals surface area contributed by atoms with Crippen molar-refractivity contribution in [1.82, 2.24) is 0 Å². The van der Waals surface area contributed by atoms with Gasteiger partial charge in [0.05, 0.1) is 27.1 Å². The Bertz CT molecular complexity index is 239. The molecule has 0 aromatic heterocycles. The Kier molecular flexibility index (Phi) is 7.77. The second-order valence-electron chi connectivity index (χ2n) is 2.54. The van der Waals surface area contributed by atoms with E-state index in [0.29, 0.717) is 0 Å². The molecule has 7 heteroatoms. The van der Waals surface area contributed by atoms with Gasteiger partial charge in [0.15, 0.2) is 6.16 Å². The van der Waals surface area contributed by atoms with Gasteiger partial charge in [-0.05, 0) is 4.57 Å². The first-order chi connectivity index (χ1) is 7.10. The Hall–Kier alpha value is -1.00. The molecule has 0 aliphatic rings. The third-order valence-electron chi connectivity index (χ3n) is 1.50. The summed E-state index contributed by atoms with van der Waals surface area (Å²) in [5.41, 5.74) is 0. The van der Waals surface area contributed by atoms with Gasteiger partial charge in [-0.25, -0.2) is 0 Å². The van der Waals surface area contributed by atoms with Crippen LogP contribution in [-0.4, -0.2) is 38.9 Å². The van der Waals surface area contributed by atoms with Crippen molar-refractivity contribution in [2.45, 2.75) is 12.8 Å². The highest BCUT2D eigenvalue weighted by atomic mass is 31.1. The van der Waals surface area contributed by atoms with E-state index in [9.17, 15) is 14.2 Å². The van der Waals surface area contributed by atoms with E-state index in [1.54, 1.807) is 0 Å². The van der Waals surface area contributed by atoms with Crippen LogP contribution >= 0.6 is 8.03 Å². The van der Waals surface area contributed by atoms with Crippen molar-refractivity contribution in [2.75, 3.05) is 27.0 Å². The predicted molar refractivity (Wildman–Crippen MR) is 51.7 cm³/mol. The van der Waals surface area contributed by atoms with Gasteiger partial charge in [0, 0.05) is 0 Å². The lowest BCUT2D eigenvalue weighted by Crippen LogP contribution is -2.05. The van der Waals surface area contributed by atoms with E-state index in [1.807, 2.05) is 0 Å². The van der Waals surface area contributed by atoms with Gasteiger partial charge in [0.2, 0.25) is 0 Å². The fraction of sp³-hybridized carbons (Fsp3) is 0.750. The number of carbonyl (C=O) groups excluding carboxylic acids is 2. The van der Waals surface area contributed by atoms with E-state index in [0.717, 1.165) is 0 Å². The van der Waals surface area contributed by atoms with Crippen molar-refractivity contribution in [3.63, 3.8) is 0 Å². The van der Waals surface area contributed by atoms with E-state index in [1.165, 1.54) is 14.2 Å². The number of carbonyl (C=O) groups is 2. The van der Waals surface area contributed by atoms with Gasteiger partial charge >= 0.3 is 20.0 Å². The molecule has 0 aromatic rings. The highest BCUT2D eigenvalue weighted by molar-refractivity contribution is 7.39. The van der Waals surface area contributed by atoms with Crippen molar-refractivity contribution >= 4 is 20.0 Å². The molecule has 0 spiro atoms. The lowest BCUT2D eigenvalue weighted by molar-refractivity contribution is -0.141. The van der Waals surface area contributed by atoms with Crippen LogP contribution in [0.1, 0.15) is 12.8 Å². The van der Waals surface area contributed by atoms with E-state index in [-0.39, 0.29) is 25.6 Å². The van der Waals surface area contributed by atoms with Gasteiger partial charge in [-0.2, -0.15) is 0 Å². The van der Waals surface area contributed by atoms with Crippen LogP contribution < -0.4 is 0 Å². The first kappa shape index (κ1) is 14.0. The zero-order valence-corrected chi connectivity index (χ0v) is 9.62. The Morgan fingerprint density at radius 3 is 2.13 bits per heavy atom. The average Bonchev–Trinajstić information content (AvgIpc) is 2.25. The first-order valence-corrected chi connectivity index (χ1v) is 5.67. The maximum Gasteiger partial charge on any atom is 0.508 e. The minimum absolute atomic E-state index is 0.0308. The first-order valence-electron chi connectivity index (χ1n) is 4.31. The monoisotopic (exact) mass is 237 g/mol.